The first-order chi connectivity index (χ1) is 20.1. The summed E-state index contributed by atoms with van der Waals surface area (Å²) < 4.78 is 61.1. The molecule has 18 heteroatoms. The highest BCUT2D eigenvalue weighted by atomic mass is 35.5. The molecule has 2 amide bonds. The Balaban J connectivity index is 0.000000353. The number of hydrogen-bond acceptors (Lipinski definition) is 9. The Bertz CT molecular complexity index is 1800. The van der Waals surface area contributed by atoms with E-state index in [1.165, 1.54) is 53.8 Å². The number of nitrogens with zero attached hydrogens (tertiary/aromatic N) is 2. The van der Waals surface area contributed by atoms with Crippen molar-refractivity contribution in [2.45, 2.75) is 16.2 Å². The standard InChI is InChI=1S/C19H20Cl2N4O4S2.C6H4Cl2O3S/c1-25(2)10-4-9-22-18(26)24-19-23-15-8-7-12(11-16(15)30-19)29-31(27,28)17-13(20)5-3-6-14(17)21;7-4-2-1-3-5(8)6(4)12(9,10)11/h3,5-8,11H,4,9-10H2,1-2H3,(H2,22,23,24,26);1-3H,(H,9,10,11). The van der Waals surface area contributed by atoms with Crippen LogP contribution in [0.1, 0.15) is 6.42 Å². The molecule has 4 aromatic rings. The number of benzene rings is 3. The van der Waals surface area contributed by atoms with Crippen LogP contribution >= 0.6 is 57.7 Å². The van der Waals surface area contributed by atoms with Crippen LogP contribution in [-0.4, -0.2) is 64.5 Å². The number of hydrogen-bond donors (Lipinski definition) is 3. The van der Waals surface area contributed by atoms with Gasteiger partial charge in [0.15, 0.2) is 5.13 Å². The van der Waals surface area contributed by atoms with E-state index < -0.39 is 25.1 Å². The lowest BCUT2D eigenvalue weighted by Gasteiger charge is -2.09. The summed E-state index contributed by atoms with van der Waals surface area (Å²) >= 11 is 24.2. The normalized spacial score (nSPS) is 11.6. The zero-order valence-electron chi connectivity index (χ0n) is 22.3. The molecule has 0 fully saturated rings. The summed E-state index contributed by atoms with van der Waals surface area (Å²) in [6.07, 6.45) is 0.824. The number of aromatic nitrogens is 1. The van der Waals surface area contributed by atoms with Crippen LogP contribution in [0.5, 0.6) is 5.75 Å². The Morgan fingerprint density at radius 1 is 0.930 bits per heavy atom. The van der Waals surface area contributed by atoms with Gasteiger partial charge in [0.25, 0.3) is 10.1 Å². The molecule has 0 aliphatic heterocycles. The number of nitrogens with one attached hydrogen (secondary N) is 2. The van der Waals surface area contributed by atoms with Crippen LogP contribution in [-0.2, 0) is 20.2 Å². The number of anilines is 1. The predicted octanol–water partition coefficient (Wildman–Crippen LogP) is 6.68. The van der Waals surface area contributed by atoms with Crippen LogP contribution in [0.4, 0.5) is 9.93 Å². The smallest absolute Gasteiger partial charge is 0.342 e. The zero-order chi connectivity index (χ0) is 31.9. The second-order valence-electron chi connectivity index (χ2n) is 8.80. The Morgan fingerprint density at radius 2 is 1.49 bits per heavy atom. The molecule has 0 spiro atoms. The summed E-state index contributed by atoms with van der Waals surface area (Å²) in [6.45, 7) is 1.40. The van der Waals surface area contributed by atoms with E-state index in [1.54, 1.807) is 12.1 Å². The molecule has 0 aliphatic carbocycles. The quantitative estimate of drug-likeness (QED) is 0.0972. The maximum atomic E-state index is 12.6. The molecule has 232 valence electrons. The molecule has 4 rings (SSSR count). The highest BCUT2D eigenvalue weighted by Gasteiger charge is 2.24. The third-order valence-corrected chi connectivity index (χ3v) is 10.1. The molecule has 0 unspecified atom stereocenters. The molecule has 1 aromatic heterocycles. The maximum Gasteiger partial charge on any atom is 0.342 e. The van der Waals surface area contributed by atoms with Gasteiger partial charge in [-0.2, -0.15) is 16.8 Å². The molecule has 1 heterocycles. The van der Waals surface area contributed by atoms with E-state index in [0.717, 1.165) is 13.0 Å². The van der Waals surface area contributed by atoms with E-state index in [4.69, 9.17) is 55.1 Å². The monoisotopic (exact) mass is 728 g/mol. The van der Waals surface area contributed by atoms with E-state index in [2.05, 4.69) is 15.6 Å². The minimum atomic E-state index is -4.33. The molecular formula is C25H24Cl4N4O7S3. The van der Waals surface area contributed by atoms with Crippen LogP contribution in [0, 0.1) is 0 Å². The average Bonchev–Trinajstić information content (AvgIpc) is 3.27. The van der Waals surface area contributed by atoms with Gasteiger partial charge in [-0.05, 0) is 63.5 Å². The molecule has 0 saturated heterocycles. The molecule has 3 N–H and O–H groups in total. The van der Waals surface area contributed by atoms with Crippen LogP contribution in [0.15, 0.2) is 64.4 Å². The molecule has 11 nitrogen and oxygen atoms in total. The maximum absolute atomic E-state index is 12.6. The van der Waals surface area contributed by atoms with Gasteiger partial charge in [-0.25, -0.2) is 9.78 Å². The minimum absolute atomic E-state index is 0.0329. The van der Waals surface area contributed by atoms with Gasteiger partial charge in [0, 0.05) is 12.6 Å². The molecule has 0 aliphatic rings. The topological polar surface area (TPSA) is 155 Å². The Labute approximate surface area is 272 Å². The van der Waals surface area contributed by atoms with Crippen molar-refractivity contribution < 1.29 is 30.4 Å². The average molecular weight is 731 g/mol. The second-order valence-corrected chi connectivity index (χ2v) is 14.3. The molecule has 0 bridgehead atoms. The van der Waals surface area contributed by atoms with Gasteiger partial charge < -0.3 is 14.4 Å². The van der Waals surface area contributed by atoms with E-state index in [-0.39, 0.29) is 36.8 Å². The van der Waals surface area contributed by atoms with Gasteiger partial charge in [0.05, 0.1) is 30.3 Å². The number of fused-ring (bicyclic) bond motifs is 1. The van der Waals surface area contributed by atoms with Gasteiger partial charge in [0.1, 0.15) is 15.5 Å². The highest BCUT2D eigenvalue weighted by Crippen LogP contribution is 2.34. The summed E-state index contributed by atoms with van der Waals surface area (Å²) in [5.74, 6) is 0.0758. The van der Waals surface area contributed by atoms with Gasteiger partial charge in [0.2, 0.25) is 0 Å². The number of carbonyl (C=O) groups is 1. The summed E-state index contributed by atoms with van der Waals surface area (Å²) in [5.41, 5.74) is 0.591. The van der Waals surface area contributed by atoms with Crippen LogP contribution in [0.2, 0.25) is 20.1 Å². The van der Waals surface area contributed by atoms with Crippen molar-refractivity contribution in [3.63, 3.8) is 0 Å². The Hall–Kier alpha value is -2.40. The van der Waals surface area contributed by atoms with Crippen molar-refractivity contribution in [3.8, 4) is 5.75 Å². The fourth-order valence-corrected chi connectivity index (χ4v) is 7.89. The molecule has 3 aromatic carbocycles. The summed E-state index contributed by atoms with van der Waals surface area (Å²) in [5, 5.41) is 5.57. The van der Waals surface area contributed by atoms with E-state index in [1.807, 2.05) is 19.0 Å². The van der Waals surface area contributed by atoms with Gasteiger partial charge in [-0.1, -0.05) is 69.9 Å². The number of thiazole rings is 1. The molecule has 43 heavy (non-hydrogen) atoms. The third-order valence-electron chi connectivity index (χ3n) is 5.20. The SMILES string of the molecule is CN(C)CCCNC(=O)Nc1nc2ccc(OS(=O)(=O)c3c(Cl)cccc3Cl)cc2s1.O=S(=O)(O)c1c(Cl)cccc1Cl. The van der Waals surface area contributed by atoms with Crippen molar-refractivity contribution in [2.75, 3.05) is 32.5 Å². The van der Waals surface area contributed by atoms with E-state index in [9.17, 15) is 21.6 Å². The minimum Gasteiger partial charge on any atom is -0.379 e. The van der Waals surface area contributed by atoms with Gasteiger partial charge >= 0.3 is 16.1 Å². The lowest BCUT2D eigenvalue weighted by Crippen LogP contribution is -2.31. The first-order valence-corrected chi connectivity index (χ1v) is 17.2. The lowest BCUT2D eigenvalue weighted by molar-refractivity contribution is 0.251. The van der Waals surface area contributed by atoms with Crippen LogP contribution in [0.25, 0.3) is 10.2 Å². The predicted molar refractivity (Wildman–Crippen MR) is 170 cm³/mol. The molecule has 0 radical (unpaired) electrons. The fraction of sp³-hybridized carbons (Fsp3) is 0.200. The molecular weight excluding hydrogens is 706 g/mol. The van der Waals surface area contributed by atoms with Gasteiger partial charge in [-0.15, -0.1) is 0 Å². The Kier molecular flexibility index (Phi) is 12.3. The fourth-order valence-electron chi connectivity index (χ4n) is 3.37. The first-order valence-electron chi connectivity index (χ1n) is 12.0. The van der Waals surface area contributed by atoms with Crippen molar-refractivity contribution >= 4 is 99.4 Å². The highest BCUT2D eigenvalue weighted by molar-refractivity contribution is 7.87. The summed E-state index contributed by atoms with van der Waals surface area (Å²) in [6, 6.07) is 12.8. The number of carbonyl (C=O) groups excluding carboxylic acids is 1. The van der Waals surface area contributed by atoms with Crippen molar-refractivity contribution in [3.05, 3.63) is 74.7 Å². The largest absolute Gasteiger partial charge is 0.379 e. The number of halogens is 4. The van der Waals surface area contributed by atoms with Crippen molar-refractivity contribution in [2.24, 2.45) is 0 Å². The molecule has 0 atom stereocenters. The second kappa shape index (κ2) is 15.1. The third kappa shape index (κ3) is 10.1. The summed E-state index contributed by atoms with van der Waals surface area (Å²) in [7, 11) is -4.63. The lowest BCUT2D eigenvalue weighted by atomic mass is 10.3. The number of rotatable bonds is 9. The number of urea groups is 1. The van der Waals surface area contributed by atoms with Crippen molar-refractivity contribution in [1.29, 1.82) is 0 Å². The molecule has 0 saturated carbocycles. The van der Waals surface area contributed by atoms with E-state index in [0.29, 0.717) is 21.9 Å². The Morgan fingerprint density at radius 3 is 2.00 bits per heavy atom. The van der Waals surface area contributed by atoms with Crippen LogP contribution in [0.3, 0.4) is 0 Å². The van der Waals surface area contributed by atoms with Crippen LogP contribution < -0.4 is 14.8 Å². The first kappa shape index (κ1) is 35.1. The summed E-state index contributed by atoms with van der Waals surface area (Å²) in [4.78, 5) is 17.6. The van der Waals surface area contributed by atoms with Crippen molar-refractivity contribution in [1.82, 2.24) is 15.2 Å². The van der Waals surface area contributed by atoms with Gasteiger partial charge in [-0.3, -0.25) is 9.87 Å². The van der Waals surface area contributed by atoms with E-state index >= 15 is 0 Å². The zero-order valence-corrected chi connectivity index (χ0v) is 27.8. The number of amides is 2.